The van der Waals surface area contributed by atoms with E-state index in [1.165, 1.54) is 30.4 Å². The molecule has 0 saturated carbocycles. The molecule has 0 radical (unpaired) electrons. The predicted molar refractivity (Wildman–Crippen MR) is 88.6 cm³/mol. The molecule has 2 aromatic carbocycles. The van der Waals surface area contributed by atoms with Crippen molar-refractivity contribution in [2.24, 2.45) is 0 Å². The first kappa shape index (κ1) is 16.9. The average molecular weight is 325 g/mol. The maximum Gasteiger partial charge on any atom is 0.270 e. The second kappa shape index (κ2) is 8.23. The number of rotatable bonds is 5. The zero-order chi connectivity index (χ0) is 17.4. The third-order valence-electron chi connectivity index (χ3n) is 3.04. The number of benzene rings is 2. The zero-order valence-corrected chi connectivity index (χ0v) is 12.6. The highest BCUT2D eigenvalue weighted by Gasteiger charge is 2.05. The van der Waals surface area contributed by atoms with Crippen molar-refractivity contribution in [3.05, 3.63) is 81.9 Å². The monoisotopic (exact) mass is 325 g/mol. The molecule has 7 nitrogen and oxygen atoms in total. The van der Waals surface area contributed by atoms with Gasteiger partial charge in [0.15, 0.2) is 0 Å². The molecule has 122 valence electrons. The molecule has 0 heterocycles. The average Bonchev–Trinajstić information content (AvgIpc) is 2.59. The molecular weight excluding hydrogens is 310 g/mol. The van der Waals surface area contributed by atoms with Crippen molar-refractivity contribution >= 4 is 23.6 Å². The SMILES string of the molecule is O=C(/C=C/c1cccc([N+](=O)[O-])c1)NNC(=O)Cc1ccccc1. The van der Waals surface area contributed by atoms with Crippen LogP contribution in [0.4, 0.5) is 5.69 Å². The second-order valence-corrected chi connectivity index (χ2v) is 4.89. The number of nitro benzene ring substituents is 1. The summed E-state index contributed by atoms with van der Waals surface area (Å²) in [6.45, 7) is 0. The summed E-state index contributed by atoms with van der Waals surface area (Å²) in [5.41, 5.74) is 5.83. The first-order valence-electron chi connectivity index (χ1n) is 7.10. The highest BCUT2D eigenvalue weighted by Crippen LogP contribution is 2.13. The van der Waals surface area contributed by atoms with Crippen LogP contribution in [0.5, 0.6) is 0 Å². The van der Waals surface area contributed by atoms with Gasteiger partial charge in [0.1, 0.15) is 0 Å². The van der Waals surface area contributed by atoms with Gasteiger partial charge in [0.25, 0.3) is 11.6 Å². The molecule has 7 heteroatoms. The van der Waals surface area contributed by atoms with Gasteiger partial charge in [-0.05, 0) is 17.2 Å². The van der Waals surface area contributed by atoms with E-state index in [1.807, 2.05) is 30.3 Å². The molecule has 0 atom stereocenters. The summed E-state index contributed by atoms with van der Waals surface area (Å²) in [6, 6.07) is 15.0. The fourth-order valence-corrected chi connectivity index (χ4v) is 1.91. The van der Waals surface area contributed by atoms with Crippen molar-refractivity contribution < 1.29 is 14.5 Å². The first-order valence-corrected chi connectivity index (χ1v) is 7.10. The van der Waals surface area contributed by atoms with Crippen LogP contribution in [-0.2, 0) is 16.0 Å². The van der Waals surface area contributed by atoms with E-state index < -0.39 is 10.8 Å². The molecule has 2 amide bonds. The molecule has 0 aromatic heterocycles. The largest absolute Gasteiger partial charge is 0.273 e. The Morgan fingerprint density at radius 3 is 2.50 bits per heavy atom. The molecule has 0 fully saturated rings. The van der Waals surface area contributed by atoms with E-state index in [1.54, 1.807) is 6.07 Å². The lowest BCUT2D eigenvalue weighted by molar-refractivity contribution is -0.384. The number of amides is 2. The van der Waals surface area contributed by atoms with Crippen LogP contribution in [0.2, 0.25) is 0 Å². The van der Waals surface area contributed by atoms with Gasteiger partial charge in [-0.25, -0.2) is 0 Å². The molecule has 0 bridgehead atoms. The first-order chi connectivity index (χ1) is 11.5. The van der Waals surface area contributed by atoms with Crippen LogP contribution in [0.15, 0.2) is 60.7 Å². The molecule has 2 rings (SSSR count). The Kier molecular flexibility index (Phi) is 5.79. The van der Waals surface area contributed by atoms with Gasteiger partial charge >= 0.3 is 0 Å². The summed E-state index contributed by atoms with van der Waals surface area (Å²) < 4.78 is 0. The van der Waals surface area contributed by atoms with Crippen LogP contribution in [0, 0.1) is 10.1 Å². The van der Waals surface area contributed by atoms with E-state index in [2.05, 4.69) is 10.9 Å². The lowest BCUT2D eigenvalue weighted by Crippen LogP contribution is -2.41. The van der Waals surface area contributed by atoms with Gasteiger partial charge in [-0.1, -0.05) is 42.5 Å². The van der Waals surface area contributed by atoms with Crippen molar-refractivity contribution in [2.75, 3.05) is 0 Å². The van der Waals surface area contributed by atoms with Gasteiger partial charge < -0.3 is 0 Å². The van der Waals surface area contributed by atoms with Crippen LogP contribution < -0.4 is 10.9 Å². The van der Waals surface area contributed by atoms with Gasteiger partial charge in [-0.15, -0.1) is 0 Å². The number of carbonyl (C=O) groups is 2. The molecule has 0 aliphatic heterocycles. The molecule has 24 heavy (non-hydrogen) atoms. The van der Waals surface area contributed by atoms with Gasteiger partial charge in [-0.2, -0.15) is 0 Å². The topological polar surface area (TPSA) is 101 Å². The summed E-state index contributed by atoms with van der Waals surface area (Å²) in [5.74, 6) is -0.888. The van der Waals surface area contributed by atoms with Crippen LogP contribution in [0.3, 0.4) is 0 Å². The Balaban J connectivity index is 1.83. The number of carbonyl (C=O) groups excluding carboxylic acids is 2. The number of non-ortho nitro benzene ring substituents is 1. The summed E-state index contributed by atoms with van der Waals surface area (Å²) in [5, 5.41) is 10.7. The minimum atomic E-state index is -0.539. The van der Waals surface area contributed by atoms with E-state index in [9.17, 15) is 19.7 Å². The number of hydrogen-bond acceptors (Lipinski definition) is 4. The Morgan fingerprint density at radius 1 is 1.04 bits per heavy atom. The van der Waals surface area contributed by atoms with E-state index in [0.29, 0.717) is 5.56 Å². The Morgan fingerprint density at radius 2 is 1.79 bits per heavy atom. The minimum absolute atomic E-state index is 0.0614. The molecule has 2 N–H and O–H groups in total. The molecule has 0 saturated heterocycles. The van der Waals surface area contributed by atoms with Gasteiger partial charge in [0, 0.05) is 18.2 Å². The summed E-state index contributed by atoms with van der Waals surface area (Å²) in [7, 11) is 0. The van der Waals surface area contributed by atoms with Crippen molar-refractivity contribution in [2.45, 2.75) is 6.42 Å². The van der Waals surface area contributed by atoms with Gasteiger partial charge in [-0.3, -0.25) is 30.6 Å². The van der Waals surface area contributed by atoms with Crippen molar-refractivity contribution in [1.29, 1.82) is 0 Å². The standard InChI is InChI=1S/C17H15N3O4/c21-16(10-9-14-7-4-8-15(11-14)20(23)24)18-19-17(22)12-13-5-2-1-3-6-13/h1-11H,12H2,(H,18,21)(H,19,22)/b10-9+. The summed E-state index contributed by atoms with van der Waals surface area (Å²) in [4.78, 5) is 33.5. The van der Waals surface area contributed by atoms with Crippen LogP contribution >= 0.6 is 0 Å². The highest BCUT2D eigenvalue weighted by atomic mass is 16.6. The van der Waals surface area contributed by atoms with Gasteiger partial charge in [0.05, 0.1) is 11.3 Å². The maximum atomic E-state index is 11.7. The lowest BCUT2D eigenvalue weighted by Gasteiger charge is -2.05. The smallest absolute Gasteiger partial charge is 0.270 e. The number of nitrogens with one attached hydrogen (secondary N) is 2. The Labute approximate surface area is 138 Å². The van der Waals surface area contributed by atoms with E-state index >= 15 is 0 Å². The van der Waals surface area contributed by atoms with Crippen molar-refractivity contribution in [3.63, 3.8) is 0 Å². The fraction of sp³-hybridized carbons (Fsp3) is 0.0588. The number of hydrazine groups is 1. The van der Waals surface area contributed by atoms with Gasteiger partial charge in [0.2, 0.25) is 5.91 Å². The number of nitro groups is 1. The number of hydrogen-bond donors (Lipinski definition) is 2. The molecule has 0 unspecified atom stereocenters. The maximum absolute atomic E-state index is 11.7. The zero-order valence-electron chi connectivity index (χ0n) is 12.6. The molecule has 2 aromatic rings. The third kappa shape index (κ3) is 5.38. The second-order valence-electron chi connectivity index (χ2n) is 4.89. The minimum Gasteiger partial charge on any atom is -0.273 e. The van der Waals surface area contributed by atoms with Crippen LogP contribution in [-0.4, -0.2) is 16.7 Å². The van der Waals surface area contributed by atoms with Crippen LogP contribution in [0.1, 0.15) is 11.1 Å². The van der Waals surface area contributed by atoms with Crippen LogP contribution in [0.25, 0.3) is 6.08 Å². The quantitative estimate of drug-likeness (QED) is 0.498. The normalized spacial score (nSPS) is 10.3. The number of nitrogens with zero attached hydrogens (tertiary/aromatic N) is 1. The molecule has 0 aliphatic rings. The molecular formula is C17H15N3O4. The Bertz CT molecular complexity index is 772. The van der Waals surface area contributed by atoms with E-state index in [4.69, 9.17) is 0 Å². The highest BCUT2D eigenvalue weighted by molar-refractivity contribution is 5.93. The fourth-order valence-electron chi connectivity index (χ4n) is 1.91. The third-order valence-corrected chi connectivity index (χ3v) is 3.04. The van der Waals surface area contributed by atoms with E-state index in [0.717, 1.165) is 5.56 Å². The van der Waals surface area contributed by atoms with Crippen molar-refractivity contribution in [1.82, 2.24) is 10.9 Å². The lowest BCUT2D eigenvalue weighted by atomic mass is 10.1. The predicted octanol–water partition coefficient (Wildman–Crippen LogP) is 2.00. The summed E-state index contributed by atoms with van der Waals surface area (Å²) >= 11 is 0. The molecule has 0 aliphatic carbocycles. The van der Waals surface area contributed by atoms with Crippen molar-refractivity contribution in [3.8, 4) is 0 Å². The Hall–Kier alpha value is -3.48. The summed E-state index contributed by atoms with van der Waals surface area (Å²) in [6.07, 6.45) is 2.75. The van der Waals surface area contributed by atoms with E-state index in [-0.39, 0.29) is 18.0 Å². The molecule has 0 spiro atoms.